The first-order valence-electron chi connectivity index (χ1n) is 7.73. The minimum absolute atomic E-state index is 0.0885. The highest BCUT2D eigenvalue weighted by atomic mass is 16.1. The Hall–Kier alpha value is -1.51. The molecule has 0 unspecified atom stereocenters. The SMILES string of the molecule is Cc1cc(N)c(NC(=O)CCC2CCCCC2)cc1C. The smallest absolute Gasteiger partial charge is 0.224 e. The number of hydrogen-bond donors (Lipinski definition) is 2. The molecule has 0 bridgehead atoms. The standard InChI is InChI=1S/C17H26N2O/c1-12-10-15(18)16(11-13(12)2)19-17(20)9-8-14-6-4-3-5-7-14/h10-11,14H,3-9,18H2,1-2H3,(H,19,20). The van der Waals surface area contributed by atoms with Crippen LogP contribution in [0.4, 0.5) is 11.4 Å². The molecule has 1 fully saturated rings. The predicted octanol–water partition coefficient (Wildman–Crippen LogP) is 4.18. The first-order valence-corrected chi connectivity index (χ1v) is 7.73. The average Bonchev–Trinajstić information content (AvgIpc) is 2.44. The zero-order chi connectivity index (χ0) is 14.5. The fraction of sp³-hybridized carbons (Fsp3) is 0.588. The molecule has 1 amide bonds. The van der Waals surface area contributed by atoms with Crippen LogP contribution in [-0.4, -0.2) is 5.91 Å². The molecule has 0 saturated heterocycles. The van der Waals surface area contributed by atoms with Gasteiger partial charge in [0.1, 0.15) is 0 Å². The van der Waals surface area contributed by atoms with Gasteiger partial charge in [-0.15, -0.1) is 0 Å². The number of carbonyl (C=O) groups is 1. The molecule has 0 radical (unpaired) electrons. The molecular weight excluding hydrogens is 248 g/mol. The Bertz CT molecular complexity index is 476. The highest BCUT2D eigenvalue weighted by Crippen LogP contribution is 2.28. The second-order valence-electron chi connectivity index (χ2n) is 6.11. The van der Waals surface area contributed by atoms with Crippen LogP contribution in [0.5, 0.6) is 0 Å². The molecule has 1 aromatic carbocycles. The Morgan fingerprint density at radius 2 is 1.85 bits per heavy atom. The second-order valence-corrected chi connectivity index (χ2v) is 6.11. The Labute approximate surface area is 121 Å². The van der Waals surface area contributed by atoms with Gasteiger partial charge < -0.3 is 11.1 Å². The molecule has 20 heavy (non-hydrogen) atoms. The number of carbonyl (C=O) groups excluding carboxylic acids is 1. The topological polar surface area (TPSA) is 55.1 Å². The van der Waals surface area contributed by atoms with Gasteiger partial charge in [-0.05, 0) is 49.4 Å². The summed E-state index contributed by atoms with van der Waals surface area (Å²) in [4.78, 5) is 12.0. The first kappa shape index (κ1) is 14.9. The van der Waals surface area contributed by atoms with Crippen molar-refractivity contribution in [2.45, 2.75) is 58.8 Å². The van der Waals surface area contributed by atoms with Crippen molar-refractivity contribution < 1.29 is 4.79 Å². The summed E-state index contributed by atoms with van der Waals surface area (Å²) in [5.74, 6) is 0.831. The van der Waals surface area contributed by atoms with E-state index in [0.717, 1.165) is 29.2 Å². The molecule has 110 valence electrons. The van der Waals surface area contributed by atoms with Crippen LogP contribution < -0.4 is 11.1 Å². The van der Waals surface area contributed by atoms with E-state index in [4.69, 9.17) is 5.73 Å². The van der Waals surface area contributed by atoms with Crippen LogP contribution in [0, 0.1) is 19.8 Å². The van der Waals surface area contributed by atoms with Gasteiger partial charge >= 0.3 is 0 Å². The molecule has 0 spiro atoms. The number of hydrogen-bond acceptors (Lipinski definition) is 2. The van der Waals surface area contributed by atoms with Gasteiger partial charge in [0.15, 0.2) is 0 Å². The van der Waals surface area contributed by atoms with E-state index in [1.54, 1.807) is 0 Å². The Kier molecular flexibility index (Phi) is 5.05. The highest BCUT2D eigenvalue weighted by Gasteiger charge is 2.15. The molecule has 3 N–H and O–H groups in total. The van der Waals surface area contributed by atoms with E-state index in [0.29, 0.717) is 12.1 Å². The molecular formula is C17H26N2O. The molecule has 1 aliphatic carbocycles. The largest absolute Gasteiger partial charge is 0.397 e. The molecule has 0 atom stereocenters. The first-order chi connectivity index (χ1) is 9.56. The van der Waals surface area contributed by atoms with Crippen LogP contribution in [0.25, 0.3) is 0 Å². The van der Waals surface area contributed by atoms with E-state index in [1.165, 1.54) is 32.1 Å². The lowest BCUT2D eigenvalue weighted by atomic mass is 9.86. The highest BCUT2D eigenvalue weighted by molar-refractivity contribution is 5.94. The number of benzene rings is 1. The van der Waals surface area contributed by atoms with Crippen LogP contribution in [0.1, 0.15) is 56.1 Å². The van der Waals surface area contributed by atoms with Crippen LogP contribution in [0.15, 0.2) is 12.1 Å². The van der Waals surface area contributed by atoms with Gasteiger partial charge in [0.25, 0.3) is 0 Å². The molecule has 3 nitrogen and oxygen atoms in total. The van der Waals surface area contributed by atoms with Gasteiger partial charge in [-0.2, -0.15) is 0 Å². The van der Waals surface area contributed by atoms with Crippen molar-refractivity contribution in [3.63, 3.8) is 0 Å². The fourth-order valence-corrected chi connectivity index (χ4v) is 2.97. The maximum absolute atomic E-state index is 12.0. The summed E-state index contributed by atoms with van der Waals surface area (Å²) in [5.41, 5.74) is 9.68. The lowest BCUT2D eigenvalue weighted by Crippen LogP contribution is -2.16. The van der Waals surface area contributed by atoms with E-state index in [9.17, 15) is 4.79 Å². The number of nitrogens with two attached hydrogens (primary N) is 1. The third-order valence-corrected chi connectivity index (χ3v) is 4.44. The minimum atomic E-state index is 0.0885. The quantitative estimate of drug-likeness (QED) is 0.809. The zero-order valence-corrected chi connectivity index (χ0v) is 12.7. The lowest BCUT2D eigenvalue weighted by Gasteiger charge is -2.21. The summed E-state index contributed by atoms with van der Waals surface area (Å²) in [5, 5.41) is 2.95. The van der Waals surface area contributed by atoms with Crippen molar-refractivity contribution in [3.8, 4) is 0 Å². The molecule has 3 heteroatoms. The Balaban J connectivity index is 1.86. The summed E-state index contributed by atoms with van der Waals surface area (Å²) >= 11 is 0. The van der Waals surface area contributed by atoms with Gasteiger partial charge in [-0.25, -0.2) is 0 Å². The Morgan fingerprint density at radius 3 is 2.55 bits per heavy atom. The number of nitrogens with one attached hydrogen (secondary N) is 1. The van der Waals surface area contributed by atoms with Crippen LogP contribution in [0.3, 0.4) is 0 Å². The summed E-state index contributed by atoms with van der Waals surface area (Å²) in [6.07, 6.45) is 8.22. The van der Waals surface area contributed by atoms with E-state index >= 15 is 0 Å². The van der Waals surface area contributed by atoms with Crippen LogP contribution in [-0.2, 0) is 4.79 Å². The minimum Gasteiger partial charge on any atom is -0.397 e. The summed E-state index contributed by atoms with van der Waals surface area (Å²) in [6.45, 7) is 4.06. The lowest BCUT2D eigenvalue weighted by molar-refractivity contribution is -0.116. The third kappa shape index (κ3) is 3.99. The summed E-state index contributed by atoms with van der Waals surface area (Å²) < 4.78 is 0. The third-order valence-electron chi connectivity index (χ3n) is 4.44. The van der Waals surface area contributed by atoms with E-state index < -0.39 is 0 Å². The van der Waals surface area contributed by atoms with E-state index in [-0.39, 0.29) is 5.91 Å². The molecule has 0 aliphatic heterocycles. The van der Waals surface area contributed by atoms with Crippen molar-refractivity contribution in [3.05, 3.63) is 23.3 Å². The molecule has 0 aromatic heterocycles. The number of nitrogen functional groups attached to an aromatic ring is 1. The van der Waals surface area contributed by atoms with Gasteiger partial charge in [0.2, 0.25) is 5.91 Å². The van der Waals surface area contributed by atoms with Gasteiger partial charge in [-0.1, -0.05) is 32.1 Å². The summed E-state index contributed by atoms with van der Waals surface area (Å²) in [7, 11) is 0. The second kappa shape index (κ2) is 6.78. The van der Waals surface area contributed by atoms with Crippen LogP contribution in [0.2, 0.25) is 0 Å². The molecule has 2 rings (SSSR count). The molecule has 1 aromatic rings. The van der Waals surface area contributed by atoms with Gasteiger partial charge in [0, 0.05) is 6.42 Å². The van der Waals surface area contributed by atoms with Crippen molar-refractivity contribution in [1.82, 2.24) is 0 Å². The van der Waals surface area contributed by atoms with Crippen molar-refractivity contribution in [1.29, 1.82) is 0 Å². The van der Waals surface area contributed by atoms with Gasteiger partial charge in [-0.3, -0.25) is 4.79 Å². The number of rotatable bonds is 4. The van der Waals surface area contributed by atoms with E-state index in [2.05, 4.69) is 5.32 Å². The normalized spacial score (nSPS) is 16.1. The molecule has 1 aliphatic rings. The predicted molar refractivity (Wildman–Crippen MR) is 84.8 cm³/mol. The maximum atomic E-state index is 12.0. The number of anilines is 2. The van der Waals surface area contributed by atoms with Crippen LogP contribution >= 0.6 is 0 Å². The molecule has 0 heterocycles. The van der Waals surface area contributed by atoms with Crippen molar-refractivity contribution >= 4 is 17.3 Å². The molecule has 1 saturated carbocycles. The van der Waals surface area contributed by atoms with Gasteiger partial charge in [0.05, 0.1) is 11.4 Å². The fourth-order valence-electron chi connectivity index (χ4n) is 2.97. The monoisotopic (exact) mass is 274 g/mol. The summed E-state index contributed by atoms with van der Waals surface area (Å²) in [6, 6.07) is 3.88. The van der Waals surface area contributed by atoms with Crippen molar-refractivity contribution in [2.24, 2.45) is 5.92 Å². The Morgan fingerprint density at radius 1 is 1.20 bits per heavy atom. The zero-order valence-electron chi connectivity index (χ0n) is 12.7. The maximum Gasteiger partial charge on any atom is 0.224 e. The average molecular weight is 274 g/mol. The van der Waals surface area contributed by atoms with E-state index in [1.807, 2.05) is 26.0 Å². The van der Waals surface area contributed by atoms with Crippen molar-refractivity contribution in [2.75, 3.05) is 11.1 Å². The number of amides is 1. The number of aryl methyl sites for hydroxylation is 2.